The zero-order valence-electron chi connectivity index (χ0n) is 19.6. The summed E-state index contributed by atoms with van der Waals surface area (Å²) in [6.07, 6.45) is -0.260. The Labute approximate surface area is 198 Å². The molecule has 1 aliphatic rings. The van der Waals surface area contributed by atoms with Gasteiger partial charge < -0.3 is 36.6 Å². The molecule has 11 nitrogen and oxygen atoms in total. The number of carbonyl (C=O) groups is 4. The number of nitrogens with one attached hydrogen (secondary N) is 2. The van der Waals surface area contributed by atoms with Gasteiger partial charge >= 0.3 is 5.97 Å². The van der Waals surface area contributed by atoms with Gasteiger partial charge in [-0.2, -0.15) is 0 Å². The number of likely N-dealkylation sites (tertiary alicyclic amines) is 1. The van der Waals surface area contributed by atoms with Crippen LogP contribution in [0.3, 0.4) is 0 Å². The number of nitrogens with zero attached hydrogens (tertiary/aromatic N) is 1. The summed E-state index contributed by atoms with van der Waals surface area (Å²) in [4.78, 5) is 51.3. The predicted molar refractivity (Wildman–Crippen MR) is 123 cm³/mol. The number of amides is 3. The minimum Gasteiger partial charge on any atom is -0.508 e. The minimum absolute atomic E-state index is 0.0776. The molecule has 2 rings (SSSR count). The van der Waals surface area contributed by atoms with Gasteiger partial charge in [-0.1, -0.05) is 26.0 Å². The number of aliphatic hydroxyl groups is 1. The highest BCUT2D eigenvalue weighted by molar-refractivity contribution is 5.94. The highest BCUT2D eigenvalue weighted by Crippen LogP contribution is 2.20. The lowest BCUT2D eigenvalue weighted by Gasteiger charge is -2.31. The molecule has 1 heterocycles. The van der Waals surface area contributed by atoms with Crippen molar-refractivity contribution in [2.45, 2.75) is 70.3 Å². The van der Waals surface area contributed by atoms with Crippen molar-refractivity contribution in [1.82, 2.24) is 15.5 Å². The number of phenolic OH excluding ortho intramolecular Hbond substituents is 1. The van der Waals surface area contributed by atoms with Gasteiger partial charge in [0, 0.05) is 6.54 Å². The van der Waals surface area contributed by atoms with Crippen molar-refractivity contribution < 1.29 is 34.5 Å². The predicted octanol–water partition coefficient (Wildman–Crippen LogP) is -0.656. The summed E-state index contributed by atoms with van der Waals surface area (Å²) < 4.78 is 0. The number of rotatable bonds is 10. The van der Waals surface area contributed by atoms with E-state index in [1.807, 2.05) is 0 Å². The van der Waals surface area contributed by atoms with Gasteiger partial charge in [-0.15, -0.1) is 0 Å². The molecule has 1 aromatic carbocycles. The Hall–Kier alpha value is -3.18. The summed E-state index contributed by atoms with van der Waals surface area (Å²) in [5.74, 6) is -3.34. The topological polar surface area (TPSA) is 182 Å². The second-order valence-corrected chi connectivity index (χ2v) is 8.96. The van der Waals surface area contributed by atoms with Crippen LogP contribution in [0.1, 0.15) is 39.2 Å². The molecule has 0 radical (unpaired) electrons. The van der Waals surface area contributed by atoms with Gasteiger partial charge in [-0.3, -0.25) is 14.4 Å². The van der Waals surface area contributed by atoms with Crippen LogP contribution in [0.2, 0.25) is 0 Å². The summed E-state index contributed by atoms with van der Waals surface area (Å²) >= 11 is 0. The Morgan fingerprint density at radius 1 is 1.09 bits per heavy atom. The number of benzene rings is 1. The largest absolute Gasteiger partial charge is 0.508 e. The van der Waals surface area contributed by atoms with Crippen molar-refractivity contribution in [3.63, 3.8) is 0 Å². The highest BCUT2D eigenvalue weighted by Gasteiger charge is 2.40. The number of nitrogens with two attached hydrogens (primary N) is 1. The maximum absolute atomic E-state index is 13.2. The summed E-state index contributed by atoms with van der Waals surface area (Å²) in [7, 11) is 0. The third kappa shape index (κ3) is 6.91. The molecule has 7 N–H and O–H groups in total. The van der Waals surface area contributed by atoms with Crippen LogP contribution in [-0.4, -0.2) is 80.7 Å². The third-order valence-corrected chi connectivity index (χ3v) is 5.84. The van der Waals surface area contributed by atoms with Crippen molar-refractivity contribution >= 4 is 23.7 Å². The molecule has 188 valence electrons. The van der Waals surface area contributed by atoms with Gasteiger partial charge in [0.25, 0.3) is 0 Å². The van der Waals surface area contributed by atoms with Crippen molar-refractivity contribution in [2.75, 3.05) is 6.54 Å². The van der Waals surface area contributed by atoms with Gasteiger partial charge in [0.2, 0.25) is 17.7 Å². The lowest BCUT2D eigenvalue weighted by Crippen LogP contribution is -2.60. The molecule has 34 heavy (non-hydrogen) atoms. The molecule has 1 saturated heterocycles. The fourth-order valence-electron chi connectivity index (χ4n) is 3.87. The molecule has 1 fully saturated rings. The van der Waals surface area contributed by atoms with Crippen molar-refractivity contribution in [1.29, 1.82) is 0 Å². The van der Waals surface area contributed by atoms with Gasteiger partial charge in [0.15, 0.2) is 0 Å². The number of hydrogen-bond acceptors (Lipinski definition) is 7. The second kappa shape index (κ2) is 11.8. The summed E-state index contributed by atoms with van der Waals surface area (Å²) in [5, 5.41) is 33.9. The lowest BCUT2D eigenvalue weighted by atomic mass is 10.0. The normalized spacial score (nSPS) is 19.2. The fraction of sp³-hybridized carbons (Fsp3) is 0.565. The summed E-state index contributed by atoms with van der Waals surface area (Å²) in [5.41, 5.74) is 6.68. The maximum atomic E-state index is 13.2. The van der Waals surface area contributed by atoms with E-state index in [0.29, 0.717) is 18.4 Å². The van der Waals surface area contributed by atoms with E-state index in [-0.39, 0.29) is 24.6 Å². The Bertz CT molecular complexity index is 888. The van der Waals surface area contributed by atoms with Crippen LogP contribution in [0, 0.1) is 5.92 Å². The molecule has 1 aromatic rings. The maximum Gasteiger partial charge on any atom is 0.326 e. The first kappa shape index (κ1) is 27.1. The number of aliphatic carboxylic acids is 1. The molecule has 11 heteroatoms. The standard InChI is InChI=1S/C23H34N4O7/c1-12(2)18(23(33)34)25-21(31)17-5-4-10-27(17)22(32)19(13(3)28)26-20(30)16(24)11-14-6-8-15(29)9-7-14/h6-9,12-13,16-19,28-29H,4-5,10-11,24H2,1-3H3,(H,25,31)(H,26,30)(H,33,34). The van der Waals surface area contributed by atoms with E-state index >= 15 is 0 Å². The van der Waals surface area contributed by atoms with E-state index < -0.39 is 54.0 Å². The van der Waals surface area contributed by atoms with Gasteiger partial charge in [0.1, 0.15) is 23.9 Å². The summed E-state index contributed by atoms with van der Waals surface area (Å²) in [6, 6.07) is 1.82. The molecule has 5 unspecified atom stereocenters. The quantitative estimate of drug-likeness (QED) is 0.256. The zero-order valence-corrected chi connectivity index (χ0v) is 19.6. The monoisotopic (exact) mass is 478 g/mol. The number of aliphatic hydroxyl groups excluding tert-OH is 1. The number of phenols is 1. The molecule has 0 aromatic heterocycles. The van der Waals surface area contributed by atoms with E-state index in [4.69, 9.17) is 5.73 Å². The van der Waals surface area contributed by atoms with Crippen molar-refractivity contribution in [3.8, 4) is 5.75 Å². The first-order valence-electron chi connectivity index (χ1n) is 11.3. The fourth-order valence-corrected chi connectivity index (χ4v) is 3.87. The average Bonchev–Trinajstić information content (AvgIpc) is 3.26. The first-order valence-corrected chi connectivity index (χ1v) is 11.3. The van der Waals surface area contributed by atoms with Crippen molar-refractivity contribution in [2.24, 2.45) is 11.7 Å². The van der Waals surface area contributed by atoms with Gasteiger partial charge in [-0.05, 0) is 49.8 Å². The van der Waals surface area contributed by atoms with Crippen LogP contribution in [-0.2, 0) is 25.6 Å². The number of aromatic hydroxyl groups is 1. The Morgan fingerprint density at radius 3 is 2.24 bits per heavy atom. The van der Waals surface area contributed by atoms with Crippen LogP contribution in [0.5, 0.6) is 5.75 Å². The van der Waals surface area contributed by atoms with Crippen LogP contribution in [0.15, 0.2) is 24.3 Å². The Balaban J connectivity index is 2.08. The van der Waals surface area contributed by atoms with Crippen LogP contribution in [0.4, 0.5) is 0 Å². The van der Waals surface area contributed by atoms with Crippen LogP contribution in [0.25, 0.3) is 0 Å². The van der Waals surface area contributed by atoms with E-state index in [1.54, 1.807) is 26.0 Å². The zero-order chi connectivity index (χ0) is 25.6. The number of hydrogen-bond donors (Lipinski definition) is 6. The average molecular weight is 479 g/mol. The molecule has 0 aliphatic carbocycles. The number of carboxylic acid groups (broad SMARTS) is 1. The molecule has 3 amide bonds. The number of carboxylic acids is 1. The van der Waals surface area contributed by atoms with Crippen LogP contribution < -0.4 is 16.4 Å². The molecular weight excluding hydrogens is 444 g/mol. The SMILES string of the molecule is CC(C)C(NC(=O)C1CCCN1C(=O)C(NC(=O)C(N)Cc1ccc(O)cc1)C(C)O)C(=O)O. The first-order chi connectivity index (χ1) is 15.9. The van der Waals surface area contributed by atoms with E-state index in [1.165, 1.54) is 24.0 Å². The van der Waals surface area contributed by atoms with E-state index in [9.17, 15) is 34.5 Å². The molecule has 0 spiro atoms. The lowest BCUT2D eigenvalue weighted by molar-refractivity contribution is -0.146. The van der Waals surface area contributed by atoms with Gasteiger partial charge in [-0.25, -0.2) is 4.79 Å². The van der Waals surface area contributed by atoms with E-state index in [2.05, 4.69) is 10.6 Å². The summed E-state index contributed by atoms with van der Waals surface area (Å²) in [6.45, 7) is 4.90. The minimum atomic E-state index is -1.33. The Morgan fingerprint density at radius 2 is 1.71 bits per heavy atom. The smallest absolute Gasteiger partial charge is 0.326 e. The number of carbonyl (C=O) groups excluding carboxylic acids is 3. The molecule has 1 aliphatic heterocycles. The third-order valence-electron chi connectivity index (χ3n) is 5.84. The van der Waals surface area contributed by atoms with Crippen LogP contribution >= 0.6 is 0 Å². The van der Waals surface area contributed by atoms with Crippen molar-refractivity contribution in [3.05, 3.63) is 29.8 Å². The Kier molecular flexibility index (Phi) is 9.39. The van der Waals surface area contributed by atoms with Gasteiger partial charge in [0.05, 0.1) is 12.1 Å². The highest BCUT2D eigenvalue weighted by atomic mass is 16.4. The molecule has 0 bridgehead atoms. The molecule has 5 atom stereocenters. The molecular formula is C23H34N4O7. The van der Waals surface area contributed by atoms with E-state index in [0.717, 1.165) is 0 Å². The second-order valence-electron chi connectivity index (χ2n) is 8.96. The molecule has 0 saturated carbocycles.